The van der Waals surface area contributed by atoms with Crippen molar-refractivity contribution in [2.45, 2.75) is 19.3 Å². The van der Waals surface area contributed by atoms with E-state index in [2.05, 4.69) is 242 Å². The van der Waals surface area contributed by atoms with Crippen molar-refractivity contribution >= 4 is 38.9 Å². The van der Waals surface area contributed by atoms with Crippen LogP contribution in [0, 0.1) is 0 Å². The molecule has 0 aliphatic heterocycles. The van der Waals surface area contributed by atoms with E-state index in [0.29, 0.717) is 0 Å². The number of benzene rings is 9. The molecule has 0 bridgehead atoms. The zero-order valence-electron chi connectivity index (χ0n) is 33.2. The molecule has 280 valence electrons. The zero-order chi connectivity index (χ0) is 39.5. The van der Waals surface area contributed by atoms with Crippen LogP contribution in [0.15, 0.2) is 218 Å². The van der Waals surface area contributed by atoms with Crippen molar-refractivity contribution in [1.82, 2.24) is 4.57 Å². The smallest absolute Gasteiger partial charge is 0.0782 e. The molecule has 0 saturated carbocycles. The summed E-state index contributed by atoms with van der Waals surface area (Å²) >= 11 is 0. The third-order valence-electron chi connectivity index (χ3n) is 12.4. The summed E-state index contributed by atoms with van der Waals surface area (Å²) < 4.78 is 2.45. The van der Waals surface area contributed by atoms with Crippen LogP contribution in [0.5, 0.6) is 0 Å². The van der Waals surface area contributed by atoms with E-state index in [-0.39, 0.29) is 5.41 Å². The van der Waals surface area contributed by atoms with E-state index in [4.69, 9.17) is 0 Å². The van der Waals surface area contributed by atoms with Gasteiger partial charge in [0.1, 0.15) is 0 Å². The summed E-state index contributed by atoms with van der Waals surface area (Å²) in [7, 11) is 0. The van der Waals surface area contributed by atoms with Gasteiger partial charge in [-0.1, -0.05) is 196 Å². The highest BCUT2D eigenvalue weighted by Gasteiger charge is 2.37. The Hall–Kier alpha value is -7.42. The van der Waals surface area contributed by atoms with E-state index in [1.165, 1.54) is 60.8 Å². The van der Waals surface area contributed by atoms with Crippen LogP contribution in [0.3, 0.4) is 0 Å². The van der Waals surface area contributed by atoms with Gasteiger partial charge in [0.05, 0.1) is 28.1 Å². The minimum atomic E-state index is -0.114. The molecule has 0 radical (unpaired) electrons. The van der Waals surface area contributed by atoms with Gasteiger partial charge in [0.2, 0.25) is 0 Å². The first-order chi connectivity index (χ1) is 29.1. The molecule has 1 aliphatic carbocycles. The van der Waals surface area contributed by atoms with Gasteiger partial charge in [0.25, 0.3) is 0 Å². The number of hydrogen-bond acceptors (Lipinski definition) is 1. The molecule has 0 N–H and O–H groups in total. The van der Waals surface area contributed by atoms with Crippen LogP contribution in [0.2, 0.25) is 0 Å². The van der Waals surface area contributed by atoms with Crippen LogP contribution in [-0.2, 0) is 5.41 Å². The maximum absolute atomic E-state index is 2.53. The van der Waals surface area contributed by atoms with Gasteiger partial charge in [-0.05, 0) is 80.9 Å². The average molecular weight is 755 g/mol. The molecular formula is C57H42N2. The van der Waals surface area contributed by atoms with Crippen LogP contribution in [-0.4, -0.2) is 4.57 Å². The van der Waals surface area contributed by atoms with Crippen LogP contribution < -0.4 is 4.90 Å². The van der Waals surface area contributed by atoms with Crippen molar-refractivity contribution in [2.24, 2.45) is 0 Å². The molecule has 2 heteroatoms. The number of aromatic nitrogens is 1. The van der Waals surface area contributed by atoms with Crippen molar-refractivity contribution in [1.29, 1.82) is 0 Å². The number of para-hydroxylation sites is 5. The second-order valence-electron chi connectivity index (χ2n) is 16.1. The van der Waals surface area contributed by atoms with Crippen molar-refractivity contribution in [3.8, 4) is 50.2 Å². The molecule has 9 aromatic carbocycles. The molecule has 1 aliphatic rings. The van der Waals surface area contributed by atoms with Crippen molar-refractivity contribution in [3.63, 3.8) is 0 Å². The minimum Gasteiger partial charge on any atom is -0.307 e. The molecule has 0 amide bonds. The quantitative estimate of drug-likeness (QED) is 0.157. The lowest BCUT2D eigenvalue weighted by atomic mass is 9.82. The zero-order valence-corrected chi connectivity index (χ0v) is 33.2. The molecule has 10 aromatic rings. The molecular weight excluding hydrogens is 713 g/mol. The van der Waals surface area contributed by atoms with Crippen molar-refractivity contribution in [2.75, 3.05) is 4.90 Å². The number of hydrogen-bond donors (Lipinski definition) is 0. The number of rotatable bonds is 7. The summed E-state index contributed by atoms with van der Waals surface area (Å²) in [4.78, 5) is 2.53. The normalized spacial score (nSPS) is 12.7. The highest BCUT2D eigenvalue weighted by molar-refractivity contribution is 6.15. The Morgan fingerprint density at radius 1 is 0.356 bits per heavy atom. The summed E-state index contributed by atoms with van der Waals surface area (Å²) in [6.07, 6.45) is 0. The van der Waals surface area contributed by atoms with Crippen LogP contribution in [0.25, 0.3) is 72.0 Å². The summed E-state index contributed by atoms with van der Waals surface area (Å²) in [5, 5.41) is 2.44. The Balaban J connectivity index is 1.22. The minimum absolute atomic E-state index is 0.114. The van der Waals surface area contributed by atoms with Gasteiger partial charge in [-0.25, -0.2) is 0 Å². The third kappa shape index (κ3) is 5.56. The number of nitrogens with zero attached hydrogens (tertiary/aromatic N) is 2. The van der Waals surface area contributed by atoms with Gasteiger partial charge < -0.3 is 9.47 Å². The Morgan fingerprint density at radius 2 is 0.864 bits per heavy atom. The SMILES string of the molecule is CC1(C)c2ccccc2-c2c(-c3ccccc3N(c3ccccc3-c3ccc(-c4ccccc4)cc3)c3cccc4c5ccccc5n(-c5ccccc5)c34)cccc21. The van der Waals surface area contributed by atoms with Crippen LogP contribution >= 0.6 is 0 Å². The first kappa shape index (κ1) is 34.8. The summed E-state index contributed by atoms with van der Waals surface area (Å²) in [5.74, 6) is 0. The lowest BCUT2D eigenvalue weighted by Crippen LogP contribution is -2.15. The van der Waals surface area contributed by atoms with Gasteiger partial charge in [0, 0.05) is 33.0 Å². The van der Waals surface area contributed by atoms with E-state index in [0.717, 1.165) is 39.4 Å². The van der Waals surface area contributed by atoms with Crippen molar-refractivity contribution in [3.05, 3.63) is 230 Å². The van der Waals surface area contributed by atoms with E-state index in [9.17, 15) is 0 Å². The summed E-state index contributed by atoms with van der Waals surface area (Å²) in [6.45, 7) is 4.73. The standard InChI is InChI=1S/C57H42N2/c1-57(2)49-29-13-9-26-48(49)55-46(27-17-30-50(55)57)44-24-11-16-33-53(44)59(51-31-14-10-23-43(51)41-37-35-40(36-38-41)39-19-5-3-6-20-39)54-34-18-28-47-45-25-12-15-32-52(45)58(56(47)54)42-21-7-4-8-22-42/h3-38H,1-2H3. The fraction of sp³-hybridized carbons (Fsp3) is 0.0526. The fourth-order valence-corrected chi connectivity index (χ4v) is 9.68. The predicted octanol–water partition coefficient (Wildman–Crippen LogP) is 15.6. The topological polar surface area (TPSA) is 8.17 Å². The maximum atomic E-state index is 2.53. The highest BCUT2D eigenvalue weighted by Crippen LogP contribution is 2.55. The van der Waals surface area contributed by atoms with Gasteiger partial charge in [-0.3, -0.25) is 0 Å². The first-order valence-corrected chi connectivity index (χ1v) is 20.5. The molecule has 0 atom stereocenters. The summed E-state index contributed by atoms with van der Waals surface area (Å²) in [6, 6.07) is 79.9. The Bertz CT molecular complexity index is 3170. The van der Waals surface area contributed by atoms with E-state index in [1.54, 1.807) is 0 Å². The number of anilines is 3. The lowest BCUT2D eigenvalue weighted by Gasteiger charge is -2.31. The first-order valence-electron chi connectivity index (χ1n) is 20.5. The monoisotopic (exact) mass is 754 g/mol. The molecule has 59 heavy (non-hydrogen) atoms. The number of fused-ring (bicyclic) bond motifs is 6. The van der Waals surface area contributed by atoms with Gasteiger partial charge in [-0.2, -0.15) is 0 Å². The molecule has 0 unspecified atom stereocenters. The fourth-order valence-electron chi connectivity index (χ4n) is 9.68. The van der Waals surface area contributed by atoms with Gasteiger partial charge in [-0.15, -0.1) is 0 Å². The molecule has 1 heterocycles. The molecule has 0 spiro atoms. The molecule has 1 aromatic heterocycles. The van der Waals surface area contributed by atoms with Crippen LogP contribution in [0.1, 0.15) is 25.0 Å². The highest BCUT2D eigenvalue weighted by atomic mass is 15.2. The molecule has 2 nitrogen and oxygen atoms in total. The molecule has 0 fully saturated rings. The average Bonchev–Trinajstić information content (AvgIpc) is 3.77. The second kappa shape index (κ2) is 13.9. The Kier molecular flexibility index (Phi) is 8.20. The maximum Gasteiger partial charge on any atom is 0.0782 e. The lowest BCUT2D eigenvalue weighted by molar-refractivity contribution is 0.660. The Morgan fingerprint density at radius 3 is 1.64 bits per heavy atom. The predicted molar refractivity (Wildman–Crippen MR) is 249 cm³/mol. The van der Waals surface area contributed by atoms with E-state index in [1.807, 2.05) is 0 Å². The summed E-state index contributed by atoms with van der Waals surface area (Å²) in [5.41, 5.74) is 19.2. The van der Waals surface area contributed by atoms with Crippen molar-refractivity contribution < 1.29 is 0 Å². The van der Waals surface area contributed by atoms with E-state index < -0.39 is 0 Å². The van der Waals surface area contributed by atoms with Gasteiger partial charge >= 0.3 is 0 Å². The largest absolute Gasteiger partial charge is 0.307 e. The Labute approximate surface area is 345 Å². The third-order valence-corrected chi connectivity index (χ3v) is 12.4. The molecule has 11 rings (SSSR count). The van der Waals surface area contributed by atoms with Crippen LogP contribution in [0.4, 0.5) is 17.1 Å². The van der Waals surface area contributed by atoms with Gasteiger partial charge in [0.15, 0.2) is 0 Å². The molecule has 0 saturated heterocycles. The van der Waals surface area contributed by atoms with E-state index >= 15 is 0 Å². The second-order valence-corrected chi connectivity index (χ2v) is 16.1.